The Morgan fingerprint density at radius 3 is 2.79 bits per heavy atom. The van der Waals surface area contributed by atoms with Gasteiger partial charge in [0, 0.05) is 41.7 Å². The van der Waals surface area contributed by atoms with E-state index in [1.54, 1.807) is 48.4 Å². The Morgan fingerprint density at radius 1 is 1.33 bits per heavy atom. The SMILES string of the molecule is CC.COc1nc(NS(=O)c2c[nH]c3c(-n4cccn4)c(Cl)ccc23)nc(C)c1CCC#N. The molecule has 0 bridgehead atoms. The first-order chi connectivity index (χ1) is 16.0. The Morgan fingerprint density at radius 2 is 2.12 bits per heavy atom. The topological polar surface area (TPSA) is 122 Å². The molecule has 3 aromatic heterocycles. The van der Waals surface area contributed by atoms with Crippen molar-refractivity contribution in [2.24, 2.45) is 0 Å². The lowest BCUT2D eigenvalue weighted by Crippen LogP contribution is -2.11. The third-order valence-electron chi connectivity index (χ3n) is 4.72. The number of hydrogen-bond donors (Lipinski definition) is 2. The van der Waals surface area contributed by atoms with E-state index in [1.165, 1.54) is 7.11 Å². The van der Waals surface area contributed by atoms with Crippen LogP contribution in [0.1, 0.15) is 31.5 Å². The second-order valence-electron chi connectivity index (χ2n) is 6.57. The first kappa shape index (κ1) is 24.2. The quantitative estimate of drug-likeness (QED) is 0.390. The van der Waals surface area contributed by atoms with Gasteiger partial charge in [0.1, 0.15) is 5.69 Å². The molecular weight excluding hydrogens is 462 g/mol. The maximum absolute atomic E-state index is 13.1. The van der Waals surface area contributed by atoms with Crippen molar-refractivity contribution in [3.8, 4) is 17.6 Å². The summed E-state index contributed by atoms with van der Waals surface area (Å²) >= 11 is 6.39. The molecule has 0 saturated heterocycles. The number of methoxy groups -OCH3 is 1. The van der Waals surface area contributed by atoms with Crippen LogP contribution in [-0.4, -0.2) is 36.1 Å². The monoisotopic (exact) mass is 485 g/mol. The number of aromatic nitrogens is 5. The molecule has 11 heteroatoms. The first-order valence-corrected chi connectivity index (χ1v) is 11.8. The van der Waals surface area contributed by atoms with Crippen molar-refractivity contribution in [3.05, 3.63) is 53.1 Å². The summed E-state index contributed by atoms with van der Waals surface area (Å²) in [6, 6.07) is 7.44. The number of nitrogens with zero attached hydrogens (tertiary/aromatic N) is 5. The summed E-state index contributed by atoms with van der Waals surface area (Å²) in [6.07, 6.45) is 5.91. The number of aryl methyl sites for hydroxylation is 1. The van der Waals surface area contributed by atoms with E-state index in [0.29, 0.717) is 45.5 Å². The fourth-order valence-electron chi connectivity index (χ4n) is 3.30. The van der Waals surface area contributed by atoms with Crippen LogP contribution in [0.25, 0.3) is 16.6 Å². The van der Waals surface area contributed by atoms with Crippen molar-refractivity contribution in [2.45, 2.75) is 38.5 Å². The molecular formula is C22H24ClN7O2S. The third-order valence-corrected chi connectivity index (χ3v) is 6.13. The Kier molecular flexibility index (Phi) is 8.03. The highest BCUT2D eigenvalue weighted by molar-refractivity contribution is 7.86. The number of H-pyrrole nitrogens is 1. The highest BCUT2D eigenvalue weighted by Crippen LogP contribution is 2.32. The lowest BCUT2D eigenvalue weighted by atomic mass is 10.1. The van der Waals surface area contributed by atoms with Crippen molar-refractivity contribution < 1.29 is 8.95 Å². The zero-order chi connectivity index (χ0) is 24.0. The molecule has 1 atom stereocenters. The van der Waals surface area contributed by atoms with Crippen LogP contribution < -0.4 is 9.46 Å². The minimum Gasteiger partial charge on any atom is -0.481 e. The van der Waals surface area contributed by atoms with Gasteiger partial charge in [0.15, 0.2) is 11.0 Å². The highest BCUT2D eigenvalue weighted by Gasteiger charge is 2.19. The number of halogens is 1. The molecule has 3 heterocycles. The second-order valence-corrected chi connectivity index (χ2v) is 8.16. The molecule has 1 aromatic carbocycles. The zero-order valence-corrected chi connectivity index (χ0v) is 20.3. The summed E-state index contributed by atoms with van der Waals surface area (Å²) in [5.74, 6) is 0.526. The number of anilines is 1. The molecule has 9 nitrogen and oxygen atoms in total. The molecule has 172 valence electrons. The average molecular weight is 486 g/mol. The molecule has 4 aromatic rings. The van der Waals surface area contributed by atoms with E-state index in [1.807, 2.05) is 13.8 Å². The molecule has 2 N–H and O–H groups in total. The van der Waals surface area contributed by atoms with Crippen molar-refractivity contribution in [1.29, 1.82) is 5.26 Å². The van der Waals surface area contributed by atoms with Gasteiger partial charge >= 0.3 is 0 Å². The van der Waals surface area contributed by atoms with Gasteiger partial charge in [0.2, 0.25) is 11.8 Å². The van der Waals surface area contributed by atoms with E-state index in [9.17, 15) is 4.21 Å². The van der Waals surface area contributed by atoms with Gasteiger partial charge in [-0.1, -0.05) is 25.4 Å². The minimum atomic E-state index is -1.66. The number of nitrogens with one attached hydrogen (secondary N) is 2. The van der Waals surface area contributed by atoms with Gasteiger partial charge in [-0.25, -0.2) is 13.9 Å². The summed E-state index contributed by atoms with van der Waals surface area (Å²) in [6.45, 7) is 5.80. The van der Waals surface area contributed by atoms with Crippen molar-refractivity contribution in [1.82, 2.24) is 24.7 Å². The number of rotatable bonds is 7. The van der Waals surface area contributed by atoms with Crippen LogP contribution in [0.2, 0.25) is 5.02 Å². The van der Waals surface area contributed by atoms with E-state index in [-0.39, 0.29) is 5.95 Å². The molecule has 0 radical (unpaired) electrons. The molecule has 0 saturated carbocycles. The molecule has 0 amide bonds. The van der Waals surface area contributed by atoms with Crippen molar-refractivity contribution in [3.63, 3.8) is 0 Å². The largest absolute Gasteiger partial charge is 0.481 e. The molecule has 1 unspecified atom stereocenters. The van der Waals surface area contributed by atoms with E-state index >= 15 is 0 Å². The number of hydrogen-bond acceptors (Lipinski definition) is 6. The zero-order valence-electron chi connectivity index (χ0n) is 18.7. The number of aromatic amines is 1. The van der Waals surface area contributed by atoms with Gasteiger partial charge in [-0.05, 0) is 31.5 Å². The van der Waals surface area contributed by atoms with Crippen LogP contribution in [0, 0.1) is 18.3 Å². The lowest BCUT2D eigenvalue weighted by molar-refractivity contribution is 0.391. The van der Waals surface area contributed by atoms with Crippen LogP contribution in [0.5, 0.6) is 5.88 Å². The summed E-state index contributed by atoms with van der Waals surface area (Å²) in [5.41, 5.74) is 2.80. The summed E-state index contributed by atoms with van der Waals surface area (Å²) in [7, 11) is -0.158. The third kappa shape index (κ3) is 4.99. The Labute approximate surface area is 199 Å². The summed E-state index contributed by atoms with van der Waals surface area (Å²) < 4.78 is 22.9. The molecule has 0 aliphatic rings. The predicted molar refractivity (Wildman–Crippen MR) is 129 cm³/mol. The van der Waals surface area contributed by atoms with E-state index in [4.69, 9.17) is 21.6 Å². The van der Waals surface area contributed by atoms with E-state index < -0.39 is 11.0 Å². The Hall–Kier alpha value is -3.42. The highest BCUT2D eigenvalue weighted by atomic mass is 35.5. The van der Waals surface area contributed by atoms with Gasteiger partial charge in [0.25, 0.3) is 0 Å². The van der Waals surface area contributed by atoms with Gasteiger partial charge in [-0.2, -0.15) is 15.3 Å². The smallest absolute Gasteiger partial charge is 0.238 e. The van der Waals surface area contributed by atoms with E-state index in [2.05, 4.69) is 30.8 Å². The van der Waals surface area contributed by atoms with Gasteiger partial charge in [0.05, 0.1) is 28.6 Å². The molecule has 33 heavy (non-hydrogen) atoms. The predicted octanol–water partition coefficient (Wildman–Crippen LogP) is 4.73. The first-order valence-electron chi connectivity index (χ1n) is 10.3. The van der Waals surface area contributed by atoms with Crippen molar-refractivity contribution in [2.75, 3.05) is 11.8 Å². The molecule has 0 fully saturated rings. The average Bonchev–Trinajstić information content (AvgIpc) is 3.49. The van der Waals surface area contributed by atoms with Crippen molar-refractivity contribution >= 4 is 39.4 Å². The van der Waals surface area contributed by atoms with Gasteiger partial charge < -0.3 is 9.72 Å². The lowest BCUT2D eigenvalue weighted by Gasteiger charge is -2.12. The Balaban J connectivity index is 0.00000149. The molecule has 4 rings (SSSR count). The fourth-order valence-corrected chi connectivity index (χ4v) is 4.45. The minimum absolute atomic E-state index is 0.170. The Bertz CT molecular complexity index is 1310. The number of benzene rings is 1. The van der Waals surface area contributed by atoms with Crippen LogP contribution in [-0.2, 0) is 17.4 Å². The number of fused-ring (bicyclic) bond motifs is 1. The van der Waals surface area contributed by atoms with Gasteiger partial charge in [-0.15, -0.1) is 0 Å². The molecule has 0 aliphatic heterocycles. The molecule has 0 spiro atoms. The second kappa shape index (κ2) is 10.9. The summed E-state index contributed by atoms with van der Waals surface area (Å²) in [4.78, 5) is 12.4. The molecule has 0 aliphatic carbocycles. The fraction of sp³-hybridized carbons (Fsp3) is 0.273. The van der Waals surface area contributed by atoms with Gasteiger partial charge in [-0.3, -0.25) is 4.72 Å². The maximum atomic E-state index is 13.1. The summed E-state index contributed by atoms with van der Waals surface area (Å²) in [5, 5.41) is 14.3. The normalized spacial score (nSPS) is 11.4. The van der Waals surface area contributed by atoms with Crippen LogP contribution in [0.3, 0.4) is 0 Å². The van der Waals surface area contributed by atoms with Crippen LogP contribution in [0.4, 0.5) is 5.95 Å². The number of nitriles is 1. The standard InChI is InChI=1S/C20H18ClN7O2S.C2H6/c1-12-13(5-3-8-22)19(30-2)26-20(25-12)27-31(29)16-11-23-17-14(16)6-7-15(21)18(17)28-10-4-9-24-28;1-2/h4,6-7,9-11,23H,3,5H2,1-2H3,(H,25,26,27);1-2H3. The van der Waals surface area contributed by atoms with Crippen LogP contribution in [0.15, 0.2) is 41.7 Å². The maximum Gasteiger partial charge on any atom is 0.238 e. The number of ether oxygens (including phenoxy) is 1. The van der Waals surface area contributed by atoms with E-state index in [0.717, 1.165) is 10.9 Å². The van der Waals surface area contributed by atoms with Crippen LogP contribution >= 0.6 is 11.6 Å².